The number of nitrogens with zero attached hydrogens (tertiary/aromatic N) is 1. The fourth-order valence-electron chi connectivity index (χ4n) is 4.94. The van der Waals surface area contributed by atoms with Gasteiger partial charge in [-0.25, -0.2) is 0 Å². The number of para-hydroxylation sites is 1. The first-order valence-electron chi connectivity index (χ1n) is 10.1. The molecule has 4 aromatic rings. The van der Waals surface area contributed by atoms with E-state index in [1.165, 1.54) is 51.5 Å². The highest BCUT2D eigenvalue weighted by Gasteiger charge is 2.37. The van der Waals surface area contributed by atoms with Gasteiger partial charge in [-0.05, 0) is 65.1 Å². The quantitative estimate of drug-likeness (QED) is 0.314. The molecule has 0 bridgehead atoms. The number of aromatic nitrogens is 1. The fraction of sp³-hybridized carbons (Fsp3) is 0.308. The van der Waals surface area contributed by atoms with E-state index in [1.54, 1.807) is 0 Å². The van der Waals surface area contributed by atoms with Crippen molar-refractivity contribution in [1.29, 1.82) is 0 Å². The molecule has 1 aliphatic carbocycles. The lowest BCUT2D eigenvalue weighted by Crippen LogP contribution is -2.33. The van der Waals surface area contributed by atoms with Crippen molar-refractivity contribution in [3.05, 3.63) is 76.8 Å². The highest BCUT2D eigenvalue weighted by atomic mass is 35.5. The second-order valence-corrected chi connectivity index (χ2v) is 9.95. The van der Waals surface area contributed by atoms with Crippen LogP contribution >= 0.6 is 11.6 Å². The molecule has 0 atom stereocenters. The van der Waals surface area contributed by atoms with Gasteiger partial charge >= 0.3 is 0 Å². The summed E-state index contributed by atoms with van der Waals surface area (Å²) in [4.78, 5) is 0. The van der Waals surface area contributed by atoms with Crippen LogP contribution in [0.1, 0.15) is 51.7 Å². The smallest absolute Gasteiger partial charge is 0.0555 e. The Hall–Kier alpha value is -2.25. The third kappa shape index (κ3) is 2.53. The number of hydrogen-bond donors (Lipinski definition) is 0. The summed E-state index contributed by atoms with van der Waals surface area (Å²) in [7, 11) is 0. The van der Waals surface area contributed by atoms with E-state index >= 15 is 0 Å². The van der Waals surface area contributed by atoms with Gasteiger partial charge in [0.2, 0.25) is 0 Å². The predicted molar refractivity (Wildman–Crippen MR) is 121 cm³/mol. The second kappa shape index (κ2) is 5.87. The van der Waals surface area contributed by atoms with Crippen LogP contribution in [-0.2, 0) is 10.8 Å². The number of benzene rings is 3. The van der Waals surface area contributed by atoms with E-state index in [0.29, 0.717) is 0 Å². The van der Waals surface area contributed by atoms with E-state index in [1.807, 2.05) is 6.07 Å². The van der Waals surface area contributed by atoms with Crippen LogP contribution in [0.3, 0.4) is 0 Å². The van der Waals surface area contributed by atoms with E-state index in [-0.39, 0.29) is 10.8 Å². The second-order valence-electron chi connectivity index (χ2n) is 9.51. The lowest BCUT2D eigenvalue weighted by atomic mass is 9.63. The van der Waals surface area contributed by atoms with Crippen molar-refractivity contribution in [3.8, 4) is 5.69 Å². The molecule has 0 unspecified atom stereocenters. The molecule has 28 heavy (non-hydrogen) atoms. The zero-order chi connectivity index (χ0) is 19.7. The number of hydrogen-bond acceptors (Lipinski definition) is 0. The molecule has 1 aromatic heterocycles. The van der Waals surface area contributed by atoms with Crippen LogP contribution in [0.5, 0.6) is 0 Å². The summed E-state index contributed by atoms with van der Waals surface area (Å²) in [6.45, 7) is 9.52. The molecular formula is C26H26ClN. The van der Waals surface area contributed by atoms with Crippen LogP contribution in [0, 0.1) is 0 Å². The molecule has 0 N–H and O–H groups in total. The van der Waals surface area contributed by atoms with Crippen molar-refractivity contribution < 1.29 is 0 Å². The van der Waals surface area contributed by atoms with Crippen LogP contribution < -0.4 is 0 Å². The molecule has 1 heterocycles. The Morgan fingerprint density at radius 3 is 2.18 bits per heavy atom. The Balaban J connectivity index is 1.85. The molecule has 2 heteroatoms. The third-order valence-corrected chi connectivity index (χ3v) is 6.97. The standard InChI is InChI=1S/C26H26ClN/c1-25(2)13-14-26(3,4)22-16-18(10-12-21(22)25)28-23-8-6-5-7-19(23)20-11-9-17(27)15-24(20)28/h5-12,15-16H,13-14H2,1-4H3. The summed E-state index contributed by atoms with van der Waals surface area (Å²) in [6.07, 6.45) is 2.45. The topological polar surface area (TPSA) is 4.93 Å². The van der Waals surface area contributed by atoms with Gasteiger partial charge < -0.3 is 4.57 Å². The third-order valence-electron chi connectivity index (χ3n) is 6.73. The highest BCUT2D eigenvalue weighted by molar-refractivity contribution is 6.31. The van der Waals surface area contributed by atoms with Crippen LogP contribution in [0.2, 0.25) is 5.02 Å². The summed E-state index contributed by atoms with van der Waals surface area (Å²) >= 11 is 6.39. The van der Waals surface area contributed by atoms with Crippen LogP contribution in [0.25, 0.3) is 27.5 Å². The molecule has 142 valence electrons. The minimum Gasteiger partial charge on any atom is -0.309 e. The van der Waals surface area contributed by atoms with E-state index in [0.717, 1.165) is 5.02 Å². The average molecular weight is 388 g/mol. The molecule has 5 rings (SSSR count). The molecule has 0 saturated heterocycles. The first-order chi connectivity index (χ1) is 13.3. The number of halogens is 1. The SMILES string of the molecule is CC1(C)CCC(C)(C)c2cc(-n3c4ccccc4c4ccc(Cl)cc43)ccc21. The van der Waals surface area contributed by atoms with Gasteiger partial charge in [0.05, 0.1) is 11.0 Å². The molecule has 0 amide bonds. The van der Waals surface area contributed by atoms with Gasteiger partial charge in [-0.1, -0.05) is 69.6 Å². The van der Waals surface area contributed by atoms with Crippen molar-refractivity contribution in [2.24, 2.45) is 0 Å². The first kappa shape index (κ1) is 17.8. The van der Waals surface area contributed by atoms with Crippen molar-refractivity contribution in [3.63, 3.8) is 0 Å². The Bertz CT molecular complexity index is 1230. The summed E-state index contributed by atoms with van der Waals surface area (Å²) in [5.74, 6) is 0. The van der Waals surface area contributed by atoms with Gasteiger partial charge in [0.15, 0.2) is 0 Å². The van der Waals surface area contributed by atoms with Crippen LogP contribution in [-0.4, -0.2) is 4.57 Å². The average Bonchev–Trinajstić information content (AvgIpc) is 2.99. The number of rotatable bonds is 1. The minimum atomic E-state index is 0.192. The Kier molecular flexibility index (Phi) is 3.74. The molecule has 0 saturated carbocycles. The summed E-state index contributed by atoms with van der Waals surface area (Å²) in [5, 5.41) is 3.29. The van der Waals surface area contributed by atoms with Gasteiger partial charge in [0.1, 0.15) is 0 Å². The van der Waals surface area contributed by atoms with Crippen molar-refractivity contribution in [2.75, 3.05) is 0 Å². The minimum absolute atomic E-state index is 0.192. The summed E-state index contributed by atoms with van der Waals surface area (Å²) in [5.41, 5.74) is 7.01. The maximum atomic E-state index is 6.39. The zero-order valence-electron chi connectivity index (χ0n) is 17.0. The molecule has 1 nitrogen and oxygen atoms in total. The molecule has 0 aliphatic heterocycles. The van der Waals surface area contributed by atoms with E-state index in [9.17, 15) is 0 Å². The lowest BCUT2D eigenvalue weighted by molar-refractivity contribution is 0.332. The predicted octanol–water partition coefficient (Wildman–Crippen LogP) is 7.79. The fourth-order valence-corrected chi connectivity index (χ4v) is 5.10. The van der Waals surface area contributed by atoms with E-state index < -0.39 is 0 Å². The van der Waals surface area contributed by atoms with Gasteiger partial charge in [0, 0.05) is 21.5 Å². The van der Waals surface area contributed by atoms with Gasteiger partial charge in [0.25, 0.3) is 0 Å². The van der Waals surface area contributed by atoms with E-state index in [4.69, 9.17) is 11.6 Å². The van der Waals surface area contributed by atoms with Crippen molar-refractivity contribution in [1.82, 2.24) is 4.57 Å². The highest BCUT2D eigenvalue weighted by Crippen LogP contribution is 2.46. The van der Waals surface area contributed by atoms with Crippen molar-refractivity contribution in [2.45, 2.75) is 51.4 Å². The maximum absolute atomic E-state index is 6.39. The normalized spacial score (nSPS) is 17.8. The molecule has 3 aromatic carbocycles. The Labute approximate surface area is 171 Å². The molecule has 1 aliphatic rings. The van der Waals surface area contributed by atoms with Crippen LogP contribution in [0.15, 0.2) is 60.7 Å². The summed E-state index contributed by atoms with van der Waals surface area (Å²) in [6, 6.07) is 21.9. The monoisotopic (exact) mass is 387 g/mol. The largest absolute Gasteiger partial charge is 0.309 e. The maximum Gasteiger partial charge on any atom is 0.0555 e. The number of fused-ring (bicyclic) bond motifs is 4. The Morgan fingerprint density at radius 2 is 1.39 bits per heavy atom. The summed E-state index contributed by atoms with van der Waals surface area (Å²) < 4.78 is 2.37. The zero-order valence-corrected chi connectivity index (χ0v) is 17.8. The molecular weight excluding hydrogens is 362 g/mol. The lowest BCUT2D eigenvalue weighted by Gasteiger charge is -2.42. The molecule has 0 spiro atoms. The van der Waals surface area contributed by atoms with Gasteiger partial charge in [-0.3, -0.25) is 0 Å². The van der Waals surface area contributed by atoms with Crippen molar-refractivity contribution >= 4 is 33.4 Å². The van der Waals surface area contributed by atoms with Gasteiger partial charge in [-0.2, -0.15) is 0 Å². The molecule has 0 fully saturated rings. The molecule has 0 radical (unpaired) electrons. The van der Waals surface area contributed by atoms with Crippen LogP contribution in [0.4, 0.5) is 0 Å². The van der Waals surface area contributed by atoms with Gasteiger partial charge in [-0.15, -0.1) is 0 Å². The van der Waals surface area contributed by atoms with E-state index in [2.05, 4.69) is 86.9 Å². The first-order valence-corrected chi connectivity index (χ1v) is 10.5. The Morgan fingerprint density at radius 1 is 0.714 bits per heavy atom.